The number of fused-ring (bicyclic) bond motifs is 8. The lowest BCUT2D eigenvalue weighted by molar-refractivity contribution is 1.08. The highest BCUT2D eigenvalue weighted by Gasteiger charge is 2.20. The molecule has 0 bridgehead atoms. The van der Waals surface area contributed by atoms with E-state index in [1.807, 2.05) is 36.4 Å². The van der Waals surface area contributed by atoms with E-state index in [0.29, 0.717) is 5.82 Å². The Labute approximate surface area is 205 Å². The highest BCUT2D eigenvalue weighted by Crippen LogP contribution is 2.38. The Morgan fingerprint density at radius 2 is 1.31 bits per heavy atom. The molecule has 0 aliphatic rings. The normalized spacial score (nSPS) is 11.9. The van der Waals surface area contributed by atoms with E-state index < -0.39 is 0 Å². The Morgan fingerprint density at radius 3 is 2.22 bits per heavy atom. The molecule has 168 valence electrons. The molecule has 4 heterocycles. The van der Waals surface area contributed by atoms with Crippen molar-refractivity contribution < 1.29 is 0 Å². The maximum Gasteiger partial charge on any atom is 0.162 e. The monoisotopic (exact) mass is 461 g/mol. The average molecular weight is 462 g/mol. The summed E-state index contributed by atoms with van der Waals surface area (Å²) >= 11 is 0. The molecule has 36 heavy (non-hydrogen) atoms. The lowest BCUT2D eigenvalue weighted by atomic mass is 10.1. The van der Waals surface area contributed by atoms with Crippen molar-refractivity contribution in [1.82, 2.24) is 23.9 Å². The summed E-state index contributed by atoms with van der Waals surface area (Å²) in [5.41, 5.74) is 7.15. The second-order valence-corrected chi connectivity index (χ2v) is 8.97. The fourth-order valence-corrected chi connectivity index (χ4v) is 5.38. The number of benzene rings is 4. The number of rotatable bonds is 2. The molecule has 0 saturated carbocycles. The first-order valence-electron chi connectivity index (χ1n) is 12.0. The third-order valence-corrected chi connectivity index (χ3v) is 6.93. The number of aromatic nitrogens is 5. The molecule has 0 saturated heterocycles. The predicted molar refractivity (Wildman–Crippen MR) is 146 cm³/mol. The molecule has 4 aromatic carbocycles. The van der Waals surface area contributed by atoms with E-state index >= 15 is 0 Å². The molecule has 0 aliphatic carbocycles. The van der Waals surface area contributed by atoms with Gasteiger partial charge in [0.05, 0.1) is 27.6 Å². The largest absolute Gasteiger partial charge is 0.299 e. The predicted octanol–water partition coefficient (Wildman–Crippen LogP) is 7.19. The molecule has 0 amide bonds. The van der Waals surface area contributed by atoms with Crippen molar-refractivity contribution in [2.24, 2.45) is 0 Å². The van der Waals surface area contributed by atoms with E-state index in [9.17, 15) is 0 Å². The molecule has 0 unspecified atom stereocenters. The van der Waals surface area contributed by atoms with Crippen LogP contribution in [0.2, 0.25) is 0 Å². The van der Waals surface area contributed by atoms with Crippen LogP contribution in [0.4, 0.5) is 0 Å². The number of para-hydroxylation sites is 2. The van der Waals surface area contributed by atoms with Gasteiger partial charge >= 0.3 is 0 Å². The zero-order valence-corrected chi connectivity index (χ0v) is 19.2. The van der Waals surface area contributed by atoms with E-state index in [-0.39, 0.29) is 0 Å². The van der Waals surface area contributed by atoms with Gasteiger partial charge in [-0.1, -0.05) is 66.7 Å². The van der Waals surface area contributed by atoms with Gasteiger partial charge in [-0.2, -0.15) is 0 Å². The number of pyridine rings is 1. The van der Waals surface area contributed by atoms with Crippen LogP contribution < -0.4 is 0 Å². The molecule has 0 atom stereocenters. The number of hydrogen-bond acceptors (Lipinski definition) is 3. The lowest BCUT2D eigenvalue weighted by Gasteiger charge is -2.12. The highest BCUT2D eigenvalue weighted by atomic mass is 15.1. The van der Waals surface area contributed by atoms with Crippen LogP contribution in [0.1, 0.15) is 0 Å². The average Bonchev–Trinajstić information content (AvgIpc) is 3.48. The van der Waals surface area contributed by atoms with Gasteiger partial charge in [-0.15, -0.1) is 0 Å². The standard InChI is InChI=1S/C31H19N5/c1-2-10-20(11-3-1)30-33-23-14-6-4-12-21(23)31(34-30)36-25-15-7-5-13-22(25)28-26(36)18-17-24-29(28)35-19-9-8-16-27(35)32-24/h1-19H. The van der Waals surface area contributed by atoms with Crippen molar-refractivity contribution in [2.45, 2.75) is 0 Å². The molecular weight excluding hydrogens is 442 g/mol. The Hall–Kier alpha value is -5.03. The molecule has 8 rings (SSSR count). The fourth-order valence-electron chi connectivity index (χ4n) is 5.38. The quantitative estimate of drug-likeness (QED) is 0.274. The summed E-state index contributed by atoms with van der Waals surface area (Å²) in [5, 5.41) is 3.36. The SMILES string of the molecule is c1ccc(-c2nc(-n3c4ccccc4c4c3ccc3nc5ccccn5c34)c3ccccc3n2)cc1. The Bertz CT molecular complexity index is 2100. The molecule has 4 aromatic heterocycles. The van der Waals surface area contributed by atoms with Crippen LogP contribution in [-0.4, -0.2) is 23.9 Å². The summed E-state index contributed by atoms with van der Waals surface area (Å²) in [7, 11) is 0. The van der Waals surface area contributed by atoms with Crippen molar-refractivity contribution in [1.29, 1.82) is 0 Å². The van der Waals surface area contributed by atoms with Gasteiger partial charge in [0, 0.05) is 27.9 Å². The van der Waals surface area contributed by atoms with E-state index in [4.69, 9.17) is 15.0 Å². The summed E-state index contributed by atoms with van der Waals surface area (Å²) < 4.78 is 4.46. The van der Waals surface area contributed by atoms with Gasteiger partial charge in [0.15, 0.2) is 5.82 Å². The summed E-state index contributed by atoms with van der Waals surface area (Å²) in [6.07, 6.45) is 2.09. The van der Waals surface area contributed by atoms with Crippen molar-refractivity contribution in [3.63, 3.8) is 0 Å². The maximum absolute atomic E-state index is 5.17. The van der Waals surface area contributed by atoms with Gasteiger partial charge in [0.2, 0.25) is 0 Å². The van der Waals surface area contributed by atoms with Crippen molar-refractivity contribution >= 4 is 49.4 Å². The van der Waals surface area contributed by atoms with Gasteiger partial charge in [-0.25, -0.2) is 15.0 Å². The molecule has 5 heteroatoms. The van der Waals surface area contributed by atoms with Crippen LogP contribution in [0.3, 0.4) is 0 Å². The van der Waals surface area contributed by atoms with Gasteiger partial charge in [-0.05, 0) is 42.5 Å². The molecule has 0 radical (unpaired) electrons. The van der Waals surface area contributed by atoms with E-state index in [2.05, 4.69) is 88.0 Å². The Balaban J connectivity index is 1.57. The number of nitrogens with zero attached hydrogens (tertiary/aromatic N) is 5. The van der Waals surface area contributed by atoms with Crippen molar-refractivity contribution in [3.8, 4) is 17.2 Å². The lowest BCUT2D eigenvalue weighted by Crippen LogP contribution is -2.02. The molecule has 8 aromatic rings. The molecule has 5 nitrogen and oxygen atoms in total. The van der Waals surface area contributed by atoms with Crippen LogP contribution >= 0.6 is 0 Å². The summed E-state index contributed by atoms with van der Waals surface area (Å²) in [5.74, 6) is 1.59. The molecule has 0 aliphatic heterocycles. The van der Waals surface area contributed by atoms with E-state index in [1.54, 1.807) is 0 Å². The third kappa shape index (κ3) is 2.62. The third-order valence-electron chi connectivity index (χ3n) is 6.93. The Kier molecular flexibility index (Phi) is 3.88. The highest BCUT2D eigenvalue weighted by molar-refractivity contribution is 6.20. The van der Waals surface area contributed by atoms with Crippen LogP contribution in [-0.2, 0) is 0 Å². The molecule has 0 fully saturated rings. The minimum Gasteiger partial charge on any atom is -0.299 e. The zero-order chi connectivity index (χ0) is 23.6. The van der Waals surface area contributed by atoms with Crippen LogP contribution in [0, 0.1) is 0 Å². The topological polar surface area (TPSA) is 48.0 Å². The zero-order valence-electron chi connectivity index (χ0n) is 19.2. The second kappa shape index (κ2) is 7.23. The Morgan fingerprint density at radius 1 is 0.528 bits per heavy atom. The smallest absolute Gasteiger partial charge is 0.162 e. The van der Waals surface area contributed by atoms with E-state index in [0.717, 1.165) is 50.0 Å². The summed E-state index contributed by atoms with van der Waals surface area (Å²) in [4.78, 5) is 15.0. The maximum atomic E-state index is 5.17. The first-order chi connectivity index (χ1) is 17.9. The number of hydrogen-bond donors (Lipinski definition) is 0. The first kappa shape index (κ1) is 19.3. The fraction of sp³-hybridized carbons (Fsp3) is 0. The van der Waals surface area contributed by atoms with Gasteiger partial charge < -0.3 is 0 Å². The van der Waals surface area contributed by atoms with Gasteiger partial charge in [0.25, 0.3) is 0 Å². The molecule has 0 N–H and O–H groups in total. The molecule has 0 spiro atoms. The van der Waals surface area contributed by atoms with Crippen molar-refractivity contribution in [3.05, 3.63) is 115 Å². The second-order valence-electron chi connectivity index (χ2n) is 8.97. The van der Waals surface area contributed by atoms with Crippen LogP contribution in [0.5, 0.6) is 0 Å². The molecular formula is C31H19N5. The minimum atomic E-state index is 0.714. The summed E-state index contributed by atoms with van der Waals surface area (Å²) in [6.45, 7) is 0. The van der Waals surface area contributed by atoms with Crippen LogP contribution in [0.15, 0.2) is 115 Å². The first-order valence-corrected chi connectivity index (χ1v) is 12.0. The van der Waals surface area contributed by atoms with E-state index in [1.165, 1.54) is 10.8 Å². The van der Waals surface area contributed by atoms with Crippen LogP contribution in [0.25, 0.3) is 66.6 Å². The van der Waals surface area contributed by atoms with Gasteiger partial charge in [0.1, 0.15) is 11.5 Å². The van der Waals surface area contributed by atoms with Gasteiger partial charge in [-0.3, -0.25) is 8.97 Å². The number of imidazole rings is 1. The summed E-state index contributed by atoms with van der Waals surface area (Å²) in [6, 6.07) is 37.4. The minimum absolute atomic E-state index is 0.714. The van der Waals surface area contributed by atoms with Crippen molar-refractivity contribution in [2.75, 3.05) is 0 Å².